The molecular weight excluding hydrogens is 236 g/mol. The lowest BCUT2D eigenvalue weighted by Gasteiger charge is -2.31. The standard InChI is InChI=1S/C15H22N4/c1-2-3-10-18-11-8-13(9-12-18)19-15-7-5-4-6-14(15)16-17-19/h4-7,13H,2-3,8-12H2,1H3. The van der Waals surface area contributed by atoms with Crippen LogP contribution < -0.4 is 0 Å². The van der Waals surface area contributed by atoms with Gasteiger partial charge in [0.25, 0.3) is 0 Å². The zero-order valence-electron chi connectivity index (χ0n) is 11.6. The van der Waals surface area contributed by atoms with Crippen LogP contribution >= 0.6 is 0 Å². The van der Waals surface area contributed by atoms with Crippen LogP contribution in [0.3, 0.4) is 0 Å². The minimum Gasteiger partial charge on any atom is -0.303 e. The van der Waals surface area contributed by atoms with Crippen LogP contribution in [0.4, 0.5) is 0 Å². The fourth-order valence-corrected chi connectivity index (χ4v) is 2.93. The summed E-state index contributed by atoms with van der Waals surface area (Å²) in [6.45, 7) is 5.90. The summed E-state index contributed by atoms with van der Waals surface area (Å²) in [7, 11) is 0. The SMILES string of the molecule is CCCCN1CCC(n2nnc3ccccc32)CC1. The van der Waals surface area contributed by atoms with Crippen molar-refractivity contribution in [1.82, 2.24) is 19.9 Å². The Morgan fingerprint density at radius 1 is 1.21 bits per heavy atom. The van der Waals surface area contributed by atoms with Crippen LogP contribution in [0.5, 0.6) is 0 Å². The van der Waals surface area contributed by atoms with Gasteiger partial charge in [-0.2, -0.15) is 0 Å². The first-order valence-electron chi connectivity index (χ1n) is 7.41. The van der Waals surface area contributed by atoms with E-state index in [1.165, 1.54) is 50.8 Å². The number of fused-ring (bicyclic) bond motifs is 1. The molecule has 0 radical (unpaired) electrons. The highest BCUT2D eigenvalue weighted by atomic mass is 15.4. The third-order valence-corrected chi connectivity index (χ3v) is 4.11. The van der Waals surface area contributed by atoms with Crippen molar-refractivity contribution in [3.05, 3.63) is 24.3 Å². The highest BCUT2D eigenvalue weighted by Gasteiger charge is 2.22. The quantitative estimate of drug-likeness (QED) is 0.845. The molecule has 1 aromatic heterocycles. The maximum Gasteiger partial charge on any atom is 0.113 e. The van der Waals surface area contributed by atoms with Gasteiger partial charge in [0, 0.05) is 13.1 Å². The van der Waals surface area contributed by atoms with Gasteiger partial charge < -0.3 is 4.90 Å². The van der Waals surface area contributed by atoms with Gasteiger partial charge in [-0.1, -0.05) is 30.7 Å². The summed E-state index contributed by atoms with van der Waals surface area (Å²) in [5, 5.41) is 8.62. The first-order chi connectivity index (χ1) is 9.38. The fraction of sp³-hybridized carbons (Fsp3) is 0.600. The maximum absolute atomic E-state index is 4.35. The second-order valence-corrected chi connectivity index (χ2v) is 5.45. The third-order valence-electron chi connectivity index (χ3n) is 4.11. The number of hydrogen-bond acceptors (Lipinski definition) is 3. The van der Waals surface area contributed by atoms with E-state index in [0.717, 1.165) is 5.52 Å². The van der Waals surface area contributed by atoms with Crippen LogP contribution in [0, 0.1) is 0 Å². The Balaban J connectivity index is 1.68. The van der Waals surface area contributed by atoms with Crippen molar-refractivity contribution in [1.29, 1.82) is 0 Å². The molecule has 1 aliphatic heterocycles. The Labute approximate surface area is 114 Å². The lowest BCUT2D eigenvalue weighted by Crippen LogP contribution is -2.35. The third kappa shape index (κ3) is 2.63. The number of piperidine rings is 1. The smallest absolute Gasteiger partial charge is 0.113 e. The average molecular weight is 258 g/mol. The van der Waals surface area contributed by atoms with Crippen molar-refractivity contribution in [3.8, 4) is 0 Å². The number of aromatic nitrogens is 3. The monoisotopic (exact) mass is 258 g/mol. The van der Waals surface area contributed by atoms with Crippen LogP contribution in [-0.2, 0) is 0 Å². The zero-order chi connectivity index (χ0) is 13.1. The van der Waals surface area contributed by atoms with Gasteiger partial charge in [0.15, 0.2) is 0 Å². The first kappa shape index (κ1) is 12.6. The normalized spacial score (nSPS) is 18.2. The number of benzene rings is 1. The average Bonchev–Trinajstić information content (AvgIpc) is 2.90. The van der Waals surface area contributed by atoms with Crippen LogP contribution in [0.2, 0.25) is 0 Å². The molecule has 1 aliphatic rings. The molecule has 0 spiro atoms. The minimum absolute atomic E-state index is 0.519. The second-order valence-electron chi connectivity index (χ2n) is 5.45. The van der Waals surface area contributed by atoms with E-state index in [-0.39, 0.29) is 0 Å². The van der Waals surface area contributed by atoms with E-state index >= 15 is 0 Å². The molecule has 0 atom stereocenters. The summed E-state index contributed by atoms with van der Waals surface area (Å²) in [6.07, 6.45) is 4.98. The van der Waals surface area contributed by atoms with Crippen LogP contribution in [-0.4, -0.2) is 39.5 Å². The van der Waals surface area contributed by atoms with E-state index in [1.54, 1.807) is 0 Å². The van der Waals surface area contributed by atoms with Crippen molar-refractivity contribution in [2.75, 3.05) is 19.6 Å². The lowest BCUT2D eigenvalue weighted by molar-refractivity contribution is 0.179. The molecule has 0 bridgehead atoms. The molecule has 102 valence electrons. The van der Waals surface area contributed by atoms with E-state index in [9.17, 15) is 0 Å². The van der Waals surface area contributed by atoms with Crippen LogP contribution in [0.15, 0.2) is 24.3 Å². The lowest BCUT2D eigenvalue weighted by atomic mass is 10.0. The molecule has 4 nitrogen and oxygen atoms in total. The summed E-state index contributed by atoms with van der Waals surface area (Å²) < 4.78 is 2.13. The largest absolute Gasteiger partial charge is 0.303 e. The van der Waals surface area contributed by atoms with E-state index in [0.29, 0.717) is 6.04 Å². The van der Waals surface area contributed by atoms with Crippen molar-refractivity contribution in [2.24, 2.45) is 0 Å². The van der Waals surface area contributed by atoms with Gasteiger partial charge in [0.2, 0.25) is 0 Å². The molecule has 1 saturated heterocycles. The van der Waals surface area contributed by atoms with E-state index in [4.69, 9.17) is 0 Å². The van der Waals surface area contributed by atoms with Crippen molar-refractivity contribution in [3.63, 3.8) is 0 Å². The molecule has 1 aromatic carbocycles. The number of nitrogens with zero attached hydrogens (tertiary/aromatic N) is 4. The van der Waals surface area contributed by atoms with Crippen LogP contribution in [0.25, 0.3) is 11.0 Å². The molecule has 2 aromatic rings. The van der Waals surface area contributed by atoms with Crippen molar-refractivity contribution >= 4 is 11.0 Å². The Bertz CT molecular complexity index is 526. The van der Waals surface area contributed by atoms with Crippen molar-refractivity contribution < 1.29 is 0 Å². The maximum atomic E-state index is 4.35. The van der Waals surface area contributed by atoms with Gasteiger partial charge in [-0.15, -0.1) is 5.10 Å². The zero-order valence-corrected chi connectivity index (χ0v) is 11.6. The summed E-state index contributed by atoms with van der Waals surface area (Å²) in [5.74, 6) is 0. The van der Waals surface area contributed by atoms with E-state index in [1.807, 2.05) is 12.1 Å². The summed E-state index contributed by atoms with van der Waals surface area (Å²) in [4.78, 5) is 2.58. The minimum atomic E-state index is 0.519. The molecular formula is C15H22N4. The number of hydrogen-bond donors (Lipinski definition) is 0. The van der Waals surface area contributed by atoms with Crippen LogP contribution in [0.1, 0.15) is 38.6 Å². The molecule has 0 N–H and O–H groups in total. The highest BCUT2D eigenvalue weighted by molar-refractivity contribution is 5.73. The molecule has 0 amide bonds. The molecule has 0 aliphatic carbocycles. The van der Waals surface area contributed by atoms with E-state index in [2.05, 4.69) is 39.0 Å². The van der Waals surface area contributed by atoms with Gasteiger partial charge >= 0.3 is 0 Å². The Morgan fingerprint density at radius 2 is 2.00 bits per heavy atom. The molecule has 19 heavy (non-hydrogen) atoms. The Kier molecular flexibility index (Phi) is 3.78. The molecule has 3 rings (SSSR count). The van der Waals surface area contributed by atoms with E-state index < -0.39 is 0 Å². The molecule has 0 unspecified atom stereocenters. The summed E-state index contributed by atoms with van der Waals surface area (Å²) >= 11 is 0. The molecule has 4 heteroatoms. The van der Waals surface area contributed by atoms with Gasteiger partial charge in [0.05, 0.1) is 11.6 Å². The predicted molar refractivity (Wildman–Crippen MR) is 77.1 cm³/mol. The van der Waals surface area contributed by atoms with Crippen molar-refractivity contribution in [2.45, 2.75) is 38.6 Å². The Hall–Kier alpha value is -1.42. The molecule has 2 heterocycles. The molecule has 0 saturated carbocycles. The number of likely N-dealkylation sites (tertiary alicyclic amines) is 1. The molecule has 1 fully saturated rings. The van der Waals surface area contributed by atoms with Gasteiger partial charge in [-0.25, -0.2) is 4.68 Å². The second kappa shape index (κ2) is 5.70. The summed E-state index contributed by atoms with van der Waals surface area (Å²) in [6, 6.07) is 8.77. The number of unbranched alkanes of at least 4 members (excludes halogenated alkanes) is 1. The van der Waals surface area contributed by atoms with Gasteiger partial charge in [-0.3, -0.25) is 0 Å². The predicted octanol–water partition coefficient (Wildman–Crippen LogP) is 2.87. The highest BCUT2D eigenvalue weighted by Crippen LogP contribution is 2.25. The fourth-order valence-electron chi connectivity index (χ4n) is 2.93. The first-order valence-corrected chi connectivity index (χ1v) is 7.41. The number of para-hydroxylation sites is 1. The van der Waals surface area contributed by atoms with Gasteiger partial charge in [-0.05, 0) is 37.9 Å². The number of rotatable bonds is 4. The van der Waals surface area contributed by atoms with Gasteiger partial charge in [0.1, 0.15) is 5.52 Å². The summed E-state index contributed by atoms with van der Waals surface area (Å²) in [5.41, 5.74) is 2.19. The Morgan fingerprint density at radius 3 is 2.79 bits per heavy atom. The topological polar surface area (TPSA) is 34.0 Å².